The van der Waals surface area contributed by atoms with E-state index in [1.807, 2.05) is 0 Å². The third kappa shape index (κ3) is 5.08. The Hall–Kier alpha value is -1.03. The molecule has 1 saturated carbocycles. The van der Waals surface area contributed by atoms with Crippen molar-refractivity contribution in [3.8, 4) is 0 Å². The van der Waals surface area contributed by atoms with Gasteiger partial charge in [0.2, 0.25) is 0 Å². The molecule has 4 heteroatoms. The summed E-state index contributed by atoms with van der Waals surface area (Å²) in [6.45, 7) is 4.82. The van der Waals surface area contributed by atoms with E-state index in [0.29, 0.717) is 0 Å². The second-order valence-corrected chi connectivity index (χ2v) is 5.62. The van der Waals surface area contributed by atoms with Gasteiger partial charge in [0.25, 0.3) is 0 Å². The standard InChI is InChI=1S/C14H23N3S/c1-2-15-14(16-8-3-4-12-5-6-12)17-10-13-7-9-18-11-13/h7,9,11-12H,2-6,8,10H2,1H3,(H2,15,16,17). The molecule has 0 unspecified atom stereocenters. The average molecular weight is 265 g/mol. The molecule has 1 aliphatic carbocycles. The van der Waals surface area contributed by atoms with Gasteiger partial charge in [0, 0.05) is 13.1 Å². The van der Waals surface area contributed by atoms with Gasteiger partial charge in [-0.2, -0.15) is 11.3 Å². The number of rotatable bonds is 7. The zero-order valence-corrected chi connectivity index (χ0v) is 11.9. The highest BCUT2D eigenvalue weighted by Gasteiger charge is 2.19. The van der Waals surface area contributed by atoms with E-state index in [9.17, 15) is 0 Å². The predicted octanol–water partition coefficient (Wildman–Crippen LogP) is 2.99. The average Bonchev–Trinajstić information content (AvgIpc) is 3.05. The predicted molar refractivity (Wildman–Crippen MR) is 79.1 cm³/mol. The zero-order valence-electron chi connectivity index (χ0n) is 11.1. The Labute approximate surface area is 114 Å². The van der Waals surface area contributed by atoms with Crippen molar-refractivity contribution in [2.45, 2.75) is 39.2 Å². The highest BCUT2D eigenvalue weighted by atomic mass is 32.1. The first kappa shape index (κ1) is 13.4. The van der Waals surface area contributed by atoms with Gasteiger partial charge in [-0.15, -0.1) is 0 Å². The van der Waals surface area contributed by atoms with Crippen molar-refractivity contribution in [2.75, 3.05) is 13.1 Å². The van der Waals surface area contributed by atoms with Crippen molar-refractivity contribution in [1.29, 1.82) is 0 Å². The SMILES string of the molecule is CCNC(=NCc1ccsc1)NCCCC1CC1. The highest BCUT2D eigenvalue weighted by molar-refractivity contribution is 7.07. The molecule has 0 bridgehead atoms. The third-order valence-electron chi connectivity index (χ3n) is 3.12. The minimum Gasteiger partial charge on any atom is -0.357 e. The van der Waals surface area contributed by atoms with Crippen molar-refractivity contribution in [2.24, 2.45) is 10.9 Å². The molecule has 0 aliphatic heterocycles. The van der Waals surface area contributed by atoms with Crippen LogP contribution < -0.4 is 10.6 Å². The quantitative estimate of drug-likeness (QED) is 0.452. The summed E-state index contributed by atoms with van der Waals surface area (Å²) in [7, 11) is 0. The van der Waals surface area contributed by atoms with Crippen LogP contribution in [0.5, 0.6) is 0 Å². The van der Waals surface area contributed by atoms with E-state index in [4.69, 9.17) is 0 Å². The van der Waals surface area contributed by atoms with Crippen LogP contribution >= 0.6 is 11.3 Å². The topological polar surface area (TPSA) is 36.4 Å². The summed E-state index contributed by atoms with van der Waals surface area (Å²) < 4.78 is 0. The van der Waals surface area contributed by atoms with E-state index < -0.39 is 0 Å². The van der Waals surface area contributed by atoms with Gasteiger partial charge in [-0.1, -0.05) is 12.8 Å². The first-order chi connectivity index (χ1) is 8.88. The molecule has 1 heterocycles. The Morgan fingerprint density at radius 1 is 1.44 bits per heavy atom. The molecular weight excluding hydrogens is 242 g/mol. The molecule has 18 heavy (non-hydrogen) atoms. The Kier molecular flexibility index (Phi) is 5.52. The second kappa shape index (κ2) is 7.41. The highest BCUT2D eigenvalue weighted by Crippen LogP contribution is 2.33. The van der Waals surface area contributed by atoms with E-state index in [1.54, 1.807) is 11.3 Å². The van der Waals surface area contributed by atoms with E-state index >= 15 is 0 Å². The van der Waals surface area contributed by atoms with Gasteiger partial charge >= 0.3 is 0 Å². The van der Waals surface area contributed by atoms with Gasteiger partial charge in [0.15, 0.2) is 5.96 Å². The molecule has 1 fully saturated rings. The molecule has 0 aromatic carbocycles. The molecule has 1 aromatic rings. The normalized spacial score (nSPS) is 15.7. The largest absolute Gasteiger partial charge is 0.357 e. The van der Waals surface area contributed by atoms with Crippen molar-refractivity contribution in [3.05, 3.63) is 22.4 Å². The Balaban J connectivity index is 1.69. The van der Waals surface area contributed by atoms with Crippen LogP contribution in [0.2, 0.25) is 0 Å². The van der Waals surface area contributed by atoms with Crippen LogP contribution in [0.4, 0.5) is 0 Å². The van der Waals surface area contributed by atoms with Crippen LogP contribution in [-0.4, -0.2) is 19.0 Å². The summed E-state index contributed by atoms with van der Waals surface area (Å²) in [5.41, 5.74) is 1.29. The summed E-state index contributed by atoms with van der Waals surface area (Å²) in [6, 6.07) is 2.13. The van der Waals surface area contributed by atoms with Gasteiger partial charge in [-0.25, -0.2) is 4.99 Å². The van der Waals surface area contributed by atoms with E-state index in [2.05, 4.69) is 39.4 Å². The third-order valence-corrected chi connectivity index (χ3v) is 3.85. The monoisotopic (exact) mass is 265 g/mol. The van der Waals surface area contributed by atoms with Crippen LogP contribution in [0.15, 0.2) is 21.8 Å². The van der Waals surface area contributed by atoms with E-state index in [1.165, 1.54) is 31.2 Å². The van der Waals surface area contributed by atoms with Crippen LogP contribution in [-0.2, 0) is 6.54 Å². The van der Waals surface area contributed by atoms with Crippen LogP contribution in [0, 0.1) is 5.92 Å². The van der Waals surface area contributed by atoms with Crippen molar-refractivity contribution < 1.29 is 0 Å². The molecule has 2 rings (SSSR count). The Morgan fingerprint density at radius 3 is 3.00 bits per heavy atom. The maximum Gasteiger partial charge on any atom is 0.191 e. The van der Waals surface area contributed by atoms with Gasteiger partial charge in [0.1, 0.15) is 0 Å². The number of hydrogen-bond donors (Lipinski definition) is 2. The molecule has 0 spiro atoms. The summed E-state index contributed by atoms with van der Waals surface area (Å²) in [6.07, 6.45) is 5.53. The van der Waals surface area contributed by atoms with Crippen molar-refractivity contribution in [1.82, 2.24) is 10.6 Å². The molecule has 0 saturated heterocycles. The van der Waals surface area contributed by atoms with Crippen LogP contribution in [0.1, 0.15) is 38.2 Å². The van der Waals surface area contributed by atoms with Gasteiger partial charge in [0.05, 0.1) is 6.54 Å². The minimum absolute atomic E-state index is 0.765. The molecule has 1 aromatic heterocycles. The molecule has 1 aliphatic rings. The molecule has 0 atom stereocenters. The van der Waals surface area contributed by atoms with Gasteiger partial charge in [-0.3, -0.25) is 0 Å². The lowest BCUT2D eigenvalue weighted by atomic mass is 10.2. The summed E-state index contributed by atoms with van der Waals surface area (Å²) in [5.74, 6) is 1.97. The number of guanidine groups is 1. The number of thiophene rings is 1. The summed E-state index contributed by atoms with van der Waals surface area (Å²) in [5, 5.41) is 11.0. The second-order valence-electron chi connectivity index (χ2n) is 4.84. The molecular formula is C14H23N3S. The Morgan fingerprint density at radius 2 is 2.33 bits per heavy atom. The number of nitrogens with zero attached hydrogens (tertiary/aromatic N) is 1. The lowest BCUT2D eigenvalue weighted by Gasteiger charge is -2.10. The van der Waals surface area contributed by atoms with Gasteiger partial charge < -0.3 is 10.6 Å². The molecule has 0 radical (unpaired) electrons. The fourth-order valence-corrected chi connectivity index (χ4v) is 2.56. The molecule has 3 nitrogen and oxygen atoms in total. The zero-order chi connectivity index (χ0) is 12.6. The smallest absolute Gasteiger partial charge is 0.191 e. The number of hydrogen-bond acceptors (Lipinski definition) is 2. The van der Waals surface area contributed by atoms with Crippen LogP contribution in [0.25, 0.3) is 0 Å². The summed E-state index contributed by atoms with van der Waals surface area (Å²) in [4.78, 5) is 4.59. The number of nitrogens with one attached hydrogen (secondary N) is 2. The fraction of sp³-hybridized carbons (Fsp3) is 0.643. The maximum atomic E-state index is 4.59. The molecule has 100 valence electrons. The van der Waals surface area contributed by atoms with Crippen molar-refractivity contribution in [3.63, 3.8) is 0 Å². The first-order valence-corrected chi connectivity index (χ1v) is 7.86. The van der Waals surface area contributed by atoms with E-state index in [0.717, 1.165) is 31.5 Å². The Bertz CT molecular complexity index is 355. The fourth-order valence-electron chi connectivity index (χ4n) is 1.90. The first-order valence-electron chi connectivity index (χ1n) is 6.91. The van der Waals surface area contributed by atoms with Crippen molar-refractivity contribution >= 4 is 17.3 Å². The molecule has 0 amide bonds. The number of aliphatic imine (C=N–C) groups is 1. The molecule has 2 N–H and O–H groups in total. The maximum absolute atomic E-state index is 4.59. The lowest BCUT2D eigenvalue weighted by Crippen LogP contribution is -2.37. The minimum atomic E-state index is 0.765. The lowest BCUT2D eigenvalue weighted by molar-refractivity contribution is 0.645. The van der Waals surface area contributed by atoms with E-state index in [-0.39, 0.29) is 0 Å². The van der Waals surface area contributed by atoms with Crippen LogP contribution in [0.3, 0.4) is 0 Å². The van der Waals surface area contributed by atoms with Gasteiger partial charge in [-0.05, 0) is 48.1 Å². The summed E-state index contributed by atoms with van der Waals surface area (Å²) >= 11 is 1.73.